The van der Waals surface area contributed by atoms with Gasteiger partial charge in [0.25, 0.3) is 0 Å². The summed E-state index contributed by atoms with van der Waals surface area (Å²) in [4.78, 5) is 12.2. The molecule has 0 amide bonds. The molecular weight excluding hydrogens is 518 g/mol. The zero-order valence-corrected chi connectivity index (χ0v) is 24.5. The molecule has 0 saturated heterocycles. The highest BCUT2D eigenvalue weighted by molar-refractivity contribution is 5.81. The number of aromatic nitrogens is 3. The summed E-state index contributed by atoms with van der Waals surface area (Å²) in [6, 6.07) is 19.8. The molecule has 0 radical (unpaired) electrons. The van der Waals surface area contributed by atoms with Gasteiger partial charge in [0.2, 0.25) is 0 Å². The average molecular weight is 560 g/mol. The van der Waals surface area contributed by atoms with Crippen molar-refractivity contribution in [1.82, 2.24) is 15.0 Å². The van der Waals surface area contributed by atoms with E-state index in [1.54, 1.807) is 20.1 Å². The third-order valence-corrected chi connectivity index (χ3v) is 8.02. The van der Waals surface area contributed by atoms with Gasteiger partial charge in [-0.15, -0.1) is 5.10 Å². The zero-order valence-electron chi connectivity index (χ0n) is 24.5. The number of unbranched alkanes of at least 4 members (excludes halogenated alkanes) is 2. The Morgan fingerprint density at radius 1 is 1.07 bits per heavy atom. The lowest BCUT2D eigenvalue weighted by atomic mass is 9.68. The number of aliphatic hydroxyl groups excluding tert-OH is 1. The van der Waals surface area contributed by atoms with Crippen molar-refractivity contribution in [1.29, 1.82) is 0 Å². The SMILES string of the molecule is CCC(CC(=O)O)(c1ccc(OC)c(C(C)O)c1)c1ccc2c(nnn2CCCCCOCc2ccccc2)c1C. The van der Waals surface area contributed by atoms with Crippen molar-refractivity contribution in [2.24, 2.45) is 0 Å². The van der Waals surface area contributed by atoms with Crippen molar-refractivity contribution in [3.8, 4) is 5.75 Å². The Kier molecular flexibility index (Phi) is 10.1. The van der Waals surface area contributed by atoms with E-state index in [1.165, 1.54) is 5.56 Å². The number of carboxylic acid groups (broad SMARTS) is 1. The molecule has 0 fully saturated rings. The highest BCUT2D eigenvalue weighted by Crippen LogP contribution is 2.44. The normalized spacial score (nSPS) is 13.7. The van der Waals surface area contributed by atoms with Crippen LogP contribution >= 0.6 is 0 Å². The lowest BCUT2D eigenvalue weighted by Gasteiger charge is -2.35. The summed E-state index contributed by atoms with van der Waals surface area (Å²) in [7, 11) is 1.56. The van der Waals surface area contributed by atoms with Crippen molar-refractivity contribution in [3.05, 3.63) is 88.5 Å². The second kappa shape index (κ2) is 13.7. The average Bonchev–Trinajstić information content (AvgIpc) is 3.39. The predicted octanol–water partition coefficient (Wildman–Crippen LogP) is 6.36. The molecule has 41 heavy (non-hydrogen) atoms. The molecule has 1 heterocycles. The standard InChI is InChI=1S/C33H41N3O5/c1-5-33(21-31(38)39,26-14-17-30(40-4)27(20-26)24(3)37)28-15-16-29-32(23(28)2)34-35-36(29)18-10-7-11-19-41-22-25-12-8-6-9-13-25/h6,8-9,12-17,20,24,37H,5,7,10-11,18-19,21-22H2,1-4H3,(H,38,39). The number of hydrogen-bond donors (Lipinski definition) is 2. The number of benzene rings is 3. The molecule has 0 aliphatic carbocycles. The van der Waals surface area contributed by atoms with Gasteiger partial charge in [0.15, 0.2) is 0 Å². The number of carbonyl (C=O) groups is 1. The highest BCUT2D eigenvalue weighted by atomic mass is 16.5. The van der Waals surface area contributed by atoms with Gasteiger partial charge in [0.05, 0.1) is 31.8 Å². The third-order valence-electron chi connectivity index (χ3n) is 8.02. The van der Waals surface area contributed by atoms with E-state index >= 15 is 0 Å². The van der Waals surface area contributed by atoms with E-state index in [9.17, 15) is 15.0 Å². The van der Waals surface area contributed by atoms with E-state index in [0.717, 1.165) is 60.1 Å². The van der Waals surface area contributed by atoms with Crippen LogP contribution in [0.2, 0.25) is 0 Å². The van der Waals surface area contributed by atoms with E-state index in [-0.39, 0.29) is 6.42 Å². The first-order valence-corrected chi connectivity index (χ1v) is 14.3. The number of fused-ring (bicyclic) bond motifs is 1. The number of nitrogens with zero attached hydrogens (tertiary/aromatic N) is 3. The van der Waals surface area contributed by atoms with Crippen molar-refractivity contribution < 1.29 is 24.5 Å². The molecule has 0 aliphatic heterocycles. The molecule has 4 aromatic rings. The van der Waals surface area contributed by atoms with Crippen LogP contribution in [0.4, 0.5) is 0 Å². The third kappa shape index (κ3) is 6.77. The monoisotopic (exact) mass is 559 g/mol. The van der Waals surface area contributed by atoms with Gasteiger partial charge in [-0.2, -0.15) is 0 Å². The first-order chi connectivity index (χ1) is 19.8. The van der Waals surface area contributed by atoms with Crippen LogP contribution < -0.4 is 4.74 Å². The summed E-state index contributed by atoms with van der Waals surface area (Å²) >= 11 is 0. The van der Waals surface area contributed by atoms with Crippen molar-refractivity contribution >= 4 is 17.0 Å². The van der Waals surface area contributed by atoms with E-state index in [1.807, 2.05) is 61.0 Å². The molecule has 2 N–H and O–H groups in total. The van der Waals surface area contributed by atoms with Gasteiger partial charge < -0.3 is 19.7 Å². The van der Waals surface area contributed by atoms with Crippen LogP contribution in [0.25, 0.3) is 11.0 Å². The lowest BCUT2D eigenvalue weighted by molar-refractivity contribution is -0.138. The van der Waals surface area contributed by atoms with E-state index in [2.05, 4.69) is 22.4 Å². The molecular formula is C33H41N3O5. The zero-order chi connectivity index (χ0) is 29.4. The number of methoxy groups -OCH3 is 1. The minimum Gasteiger partial charge on any atom is -0.496 e. The molecule has 2 unspecified atom stereocenters. The van der Waals surface area contributed by atoms with Gasteiger partial charge in [-0.25, -0.2) is 4.68 Å². The number of rotatable bonds is 15. The van der Waals surface area contributed by atoms with Crippen LogP contribution in [-0.2, 0) is 28.1 Å². The Bertz CT molecular complexity index is 1450. The quantitative estimate of drug-likeness (QED) is 0.163. The lowest BCUT2D eigenvalue weighted by Crippen LogP contribution is -2.31. The van der Waals surface area contributed by atoms with Crippen LogP contribution in [0.3, 0.4) is 0 Å². The van der Waals surface area contributed by atoms with E-state index < -0.39 is 17.5 Å². The number of aliphatic hydroxyl groups is 1. The van der Waals surface area contributed by atoms with Crippen LogP contribution in [0.1, 0.15) is 79.9 Å². The molecule has 0 aliphatic rings. The number of aryl methyl sites for hydroxylation is 2. The van der Waals surface area contributed by atoms with Crippen molar-refractivity contribution in [2.75, 3.05) is 13.7 Å². The number of ether oxygens (including phenoxy) is 2. The minimum atomic E-state index is -0.892. The number of aliphatic carboxylic acids is 1. The molecule has 1 aromatic heterocycles. The topological polar surface area (TPSA) is 107 Å². The minimum absolute atomic E-state index is 0.0953. The molecule has 0 bridgehead atoms. The summed E-state index contributed by atoms with van der Waals surface area (Å²) in [5.74, 6) is -0.320. The fourth-order valence-electron chi connectivity index (χ4n) is 5.75. The van der Waals surface area contributed by atoms with E-state index in [0.29, 0.717) is 24.3 Å². The number of hydrogen-bond acceptors (Lipinski definition) is 6. The van der Waals surface area contributed by atoms with Gasteiger partial charge in [0.1, 0.15) is 11.3 Å². The van der Waals surface area contributed by atoms with Gasteiger partial charge in [-0.1, -0.05) is 54.6 Å². The van der Waals surface area contributed by atoms with Crippen LogP contribution in [0.15, 0.2) is 60.7 Å². The molecule has 3 aromatic carbocycles. The molecule has 8 heteroatoms. The number of carboxylic acids is 1. The smallest absolute Gasteiger partial charge is 0.304 e. The van der Waals surface area contributed by atoms with Crippen molar-refractivity contribution in [3.63, 3.8) is 0 Å². The summed E-state index contributed by atoms with van der Waals surface area (Å²) in [6.07, 6.45) is 2.66. The first kappa shape index (κ1) is 30.2. The highest BCUT2D eigenvalue weighted by Gasteiger charge is 2.38. The fourth-order valence-corrected chi connectivity index (χ4v) is 5.75. The Balaban J connectivity index is 1.52. The van der Waals surface area contributed by atoms with Crippen LogP contribution in [0, 0.1) is 6.92 Å². The summed E-state index contributed by atoms with van der Waals surface area (Å²) < 4.78 is 13.2. The largest absolute Gasteiger partial charge is 0.496 e. The molecule has 4 rings (SSSR count). The Morgan fingerprint density at radius 3 is 2.54 bits per heavy atom. The van der Waals surface area contributed by atoms with Crippen LogP contribution in [0.5, 0.6) is 5.75 Å². The van der Waals surface area contributed by atoms with Gasteiger partial charge in [-0.3, -0.25) is 4.79 Å². The fraction of sp³-hybridized carbons (Fsp3) is 0.424. The molecule has 218 valence electrons. The van der Waals surface area contributed by atoms with Crippen LogP contribution in [-0.4, -0.2) is 44.9 Å². The second-order valence-corrected chi connectivity index (χ2v) is 10.7. The summed E-state index contributed by atoms with van der Waals surface area (Å²) in [6.45, 7) is 7.78. The maximum Gasteiger partial charge on any atom is 0.304 e. The van der Waals surface area contributed by atoms with Gasteiger partial charge in [-0.05, 0) is 80.0 Å². The van der Waals surface area contributed by atoms with Crippen molar-refractivity contribution in [2.45, 2.75) is 77.5 Å². The molecule has 0 saturated carbocycles. The molecule has 2 atom stereocenters. The van der Waals surface area contributed by atoms with Gasteiger partial charge >= 0.3 is 5.97 Å². The Labute approximate surface area is 241 Å². The summed E-state index contributed by atoms with van der Waals surface area (Å²) in [5.41, 5.74) is 5.35. The molecule has 0 spiro atoms. The second-order valence-electron chi connectivity index (χ2n) is 10.7. The predicted molar refractivity (Wildman–Crippen MR) is 159 cm³/mol. The maximum absolute atomic E-state index is 12.2. The summed E-state index contributed by atoms with van der Waals surface area (Å²) in [5, 5.41) is 29.4. The first-order valence-electron chi connectivity index (χ1n) is 14.3. The molecule has 8 nitrogen and oxygen atoms in total. The Hall–Kier alpha value is -3.75. The maximum atomic E-state index is 12.2. The van der Waals surface area contributed by atoms with Gasteiger partial charge in [0, 0.05) is 24.1 Å². The Morgan fingerprint density at radius 2 is 1.85 bits per heavy atom. The van der Waals surface area contributed by atoms with E-state index in [4.69, 9.17) is 9.47 Å².